The maximum Gasteiger partial charge on any atom is 0.452 e. The van der Waals surface area contributed by atoms with E-state index in [2.05, 4.69) is 20.3 Å². The van der Waals surface area contributed by atoms with Crippen molar-refractivity contribution in [1.82, 2.24) is 15.0 Å². The van der Waals surface area contributed by atoms with Gasteiger partial charge in [0.25, 0.3) is 5.91 Å². The number of nitrogens with zero attached hydrogens (tertiary/aromatic N) is 4. The molecule has 0 aliphatic rings. The molecule has 0 saturated carbocycles. The van der Waals surface area contributed by atoms with Gasteiger partial charge in [-0.25, -0.2) is 19.7 Å². The summed E-state index contributed by atoms with van der Waals surface area (Å²) in [6, 6.07) is 17.6. The van der Waals surface area contributed by atoms with Crippen molar-refractivity contribution in [1.29, 1.82) is 0 Å². The predicted octanol–water partition coefficient (Wildman–Crippen LogP) is 6.89. The molecular formula is C28H17F6N5O5. The van der Waals surface area contributed by atoms with Gasteiger partial charge >= 0.3 is 18.3 Å². The van der Waals surface area contributed by atoms with Crippen LogP contribution in [0.2, 0.25) is 0 Å². The zero-order valence-electron chi connectivity index (χ0n) is 22.1. The zero-order chi connectivity index (χ0) is 31.6. The number of pyridine rings is 1. The minimum atomic E-state index is -5.07. The lowest BCUT2D eigenvalue weighted by atomic mass is 10.2. The van der Waals surface area contributed by atoms with E-state index in [0.29, 0.717) is 0 Å². The highest BCUT2D eigenvalue weighted by Crippen LogP contribution is 2.37. The Labute approximate surface area is 242 Å². The molecule has 3 aromatic heterocycles. The van der Waals surface area contributed by atoms with Gasteiger partial charge < -0.3 is 19.0 Å². The largest absolute Gasteiger partial charge is 0.452 e. The van der Waals surface area contributed by atoms with Crippen molar-refractivity contribution in [3.63, 3.8) is 0 Å². The van der Waals surface area contributed by atoms with Gasteiger partial charge in [0.1, 0.15) is 0 Å². The molecule has 0 atom stereocenters. The first kappa shape index (κ1) is 29.8. The fourth-order valence-corrected chi connectivity index (χ4v) is 3.78. The van der Waals surface area contributed by atoms with Crippen molar-refractivity contribution in [3.05, 3.63) is 102 Å². The number of rotatable bonds is 7. The number of anilines is 2. The van der Waals surface area contributed by atoms with Crippen molar-refractivity contribution in [2.45, 2.75) is 12.4 Å². The summed E-state index contributed by atoms with van der Waals surface area (Å²) in [4.78, 5) is 41.6. The van der Waals surface area contributed by atoms with Crippen LogP contribution >= 0.6 is 0 Å². The lowest BCUT2D eigenvalue weighted by Gasteiger charge is -2.17. The first-order valence-corrected chi connectivity index (χ1v) is 12.3. The molecule has 44 heavy (non-hydrogen) atoms. The highest BCUT2D eigenvalue weighted by molar-refractivity contribution is 6.04. The summed E-state index contributed by atoms with van der Waals surface area (Å²) in [5, 5.41) is 2.93. The second-order valence-electron chi connectivity index (χ2n) is 8.86. The Hall–Kier alpha value is -5.67. The van der Waals surface area contributed by atoms with Crippen LogP contribution in [0.25, 0.3) is 22.9 Å². The molecule has 0 aliphatic heterocycles. The Kier molecular flexibility index (Phi) is 7.82. The molecule has 5 aromatic rings. The molecule has 0 bridgehead atoms. The van der Waals surface area contributed by atoms with Crippen molar-refractivity contribution in [3.8, 4) is 22.9 Å². The number of aromatic nitrogens is 3. The van der Waals surface area contributed by atoms with E-state index < -0.39 is 58.9 Å². The number of hydrogen-bond acceptors (Lipinski definition) is 9. The van der Waals surface area contributed by atoms with Crippen LogP contribution < -0.4 is 10.4 Å². The van der Waals surface area contributed by atoms with Gasteiger partial charge in [-0.2, -0.15) is 31.4 Å². The fraction of sp³-hybridized carbons (Fsp3) is 0.107. The maximum atomic E-state index is 13.6. The average Bonchev–Trinajstić information content (AvgIpc) is 3.65. The van der Waals surface area contributed by atoms with Crippen LogP contribution in [0.4, 0.5) is 37.8 Å². The minimum absolute atomic E-state index is 0.0841. The number of benzene rings is 2. The molecular weight excluding hydrogens is 600 g/mol. The van der Waals surface area contributed by atoms with Gasteiger partial charge in [0, 0.05) is 18.2 Å². The number of alkyl halides is 6. The summed E-state index contributed by atoms with van der Waals surface area (Å²) < 4.78 is 91.1. The molecule has 2 aromatic carbocycles. The number of amides is 1. The predicted molar refractivity (Wildman–Crippen MR) is 140 cm³/mol. The first-order chi connectivity index (χ1) is 20.8. The second-order valence-corrected chi connectivity index (χ2v) is 8.86. The Morgan fingerprint density at radius 3 is 1.73 bits per heavy atom. The highest BCUT2D eigenvalue weighted by Gasteiger charge is 2.43. The quantitative estimate of drug-likeness (QED) is 0.154. The molecule has 1 N–H and O–H groups in total. The van der Waals surface area contributed by atoms with E-state index in [1.165, 1.54) is 36.4 Å². The number of hydrogen-bond donors (Lipinski definition) is 1. The van der Waals surface area contributed by atoms with Gasteiger partial charge in [-0.05, 0) is 36.4 Å². The second kappa shape index (κ2) is 11.5. The van der Waals surface area contributed by atoms with E-state index in [1.807, 2.05) is 0 Å². The Balaban J connectivity index is 1.31. The standard InChI is InChI=1S/C28H17F6N5O5/c1-39(44-26(41)20-22(28(32,33)34)43-25(38-20)16-10-6-3-7-11-16)18-13-12-17(14-35-18)36-23(40)19-21(27(29,30)31)42-24(37-19)15-8-4-2-5-9-15/h2-14H,1H3,(H,36,40). The third-order valence-electron chi connectivity index (χ3n) is 5.77. The van der Waals surface area contributed by atoms with Crippen LogP contribution in [0.15, 0.2) is 87.8 Å². The summed E-state index contributed by atoms with van der Waals surface area (Å²) >= 11 is 0. The number of hydroxylamine groups is 1. The van der Waals surface area contributed by atoms with Crippen molar-refractivity contribution in [2.24, 2.45) is 0 Å². The van der Waals surface area contributed by atoms with Gasteiger partial charge in [0.15, 0.2) is 11.5 Å². The summed E-state index contributed by atoms with van der Waals surface area (Å²) in [6.07, 6.45) is -9.09. The van der Waals surface area contributed by atoms with Crippen LogP contribution in [0.5, 0.6) is 0 Å². The topological polar surface area (TPSA) is 124 Å². The third kappa shape index (κ3) is 6.38. The molecule has 5 rings (SSSR count). The minimum Gasteiger partial charge on any atom is -0.431 e. The van der Waals surface area contributed by atoms with Crippen LogP contribution in [0, 0.1) is 0 Å². The van der Waals surface area contributed by atoms with Crippen LogP contribution in [0.1, 0.15) is 32.5 Å². The summed E-state index contributed by atoms with van der Waals surface area (Å²) in [6.45, 7) is 0. The van der Waals surface area contributed by atoms with Crippen molar-refractivity contribution in [2.75, 3.05) is 17.4 Å². The smallest absolute Gasteiger partial charge is 0.431 e. The molecule has 0 spiro atoms. The molecule has 0 saturated heterocycles. The van der Waals surface area contributed by atoms with Gasteiger partial charge in [-0.1, -0.05) is 36.4 Å². The van der Waals surface area contributed by atoms with Crippen LogP contribution in [-0.2, 0) is 17.2 Å². The molecule has 1 amide bonds. The van der Waals surface area contributed by atoms with Crippen LogP contribution in [0.3, 0.4) is 0 Å². The lowest BCUT2D eigenvalue weighted by molar-refractivity contribution is -0.153. The monoisotopic (exact) mass is 617 g/mol. The molecule has 0 fully saturated rings. The molecule has 0 unspecified atom stereocenters. The summed E-state index contributed by atoms with van der Waals surface area (Å²) in [5.74, 6) is -7.03. The Morgan fingerprint density at radius 2 is 1.25 bits per heavy atom. The van der Waals surface area contributed by atoms with Gasteiger partial charge in [-0.3, -0.25) is 4.79 Å². The third-order valence-corrected chi connectivity index (χ3v) is 5.77. The fourth-order valence-electron chi connectivity index (χ4n) is 3.78. The van der Waals surface area contributed by atoms with Gasteiger partial charge in [-0.15, -0.1) is 0 Å². The molecule has 10 nitrogen and oxygen atoms in total. The SMILES string of the molecule is CN(OC(=O)c1nc(-c2ccccc2)oc1C(F)(F)F)c1ccc(NC(=O)c2nc(-c3ccccc3)oc2C(F)(F)F)cn1. The lowest BCUT2D eigenvalue weighted by Crippen LogP contribution is -2.25. The summed E-state index contributed by atoms with van der Waals surface area (Å²) in [7, 11) is 1.15. The molecule has 16 heteroatoms. The van der Waals surface area contributed by atoms with E-state index in [9.17, 15) is 35.9 Å². The first-order valence-electron chi connectivity index (χ1n) is 12.3. The zero-order valence-corrected chi connectivity index (χ0v) is 22.1. The molecule has 0 aliphatic carbocycles. The van der Waals surface area contributed by atoms with E-state index in [4.69, 9.17) is 13.7 Å². The van der Waals surface area contributed by atoms with Gasteiger partial charge in [0.2, 0.25) is 29.0 Å². The van der Waals surface area contributed by atoms with Gasteiger partial charge in [0.05, 0.1) is 11.9 Å². The average molecular weight is 617 g/mol. The molecule has 3 heterocycles. The molecule has 0 radical (unpaired) electrons. The van der Waals surface area contributed by atoms with E-state index in [1.54, 1.807) is 36.4 Å². The number of oxazole rings is 2. The Morgan fingerprint density at radius 1 is 0.750 bits per heavy atom. The van der Waals surface area contributed by atoms with Crippen molar-refractivity contribution < 1.29 is 49.6 Å². The van der Waals surface area contributed by atoms with E-state index in [-0.39, 0.29) is 22.6 Å². The maximum absolute atomic E-state index is 13.6. The van der Waals surface area contributed by atoms with Crippen molar-refractivity contribution >= 4 is 23.4 Å². The number of nitrogens with one attached hydrogen (secondary N) is 1. The van der Waals surface area contributed by atoms with Crippen LogP contribution in [-0.4, -0.2) is 33.9 Å². The Bertz CT molecular complexity index is 1790. The van der Waals surface area contributed by atoms with E-state index >= 15 is 0 Å². The number of halogens is 6. The number of carbonyl (C=O) groups excluding carboxylic acids is 2. The number of carbonyl (C=O) groups is 2. The normalized spacial score (nSPS) is 11.7. The van der Waals surface area contributed by atoms with E-state index in [0.717, 1.165) is 18.3 Å². The highest BCUT2D eigenvalue weighted by atomic mass is 19.4. The summed E-state index contributed by atoms with van der Waals surface area (Å²) in [5.41, 5.74) is -1.83. The molecule has 226 valence electrons.